The van der Waals surface area contributed by atoms with Crippen molar-refractivity contribution in [2.45, 2.75) is 215 Å². The predicted molar refractivity (Wildman–Crippen MR) is 422 cm³/mol. The van der Waals surface area contributed by atoms with E-state index < -0.39 is 94.3 Å². The van der Waals surface area contributed by atoms with Gasteiger partial charge in [-0.2, -0.15) is 0 Å². The molecule has 1 saturated carbocycles. The van der Waals surface area contributed by atoms with Crippen molar-refractivity contribution in [3.05, 3.63) is 170 Å². The van der Waals surface area contributed by atoms with E-state index in [2.05, 4.69) is 166 Å². The van der Waals surface area contributed by atoms with Gasteiger partial charge in [-0.05, 0) is 148 Å². The molecule has 1 aliphatic carbocycles. The lowest BCUT2D eigenvalue weighted by molar-refractivity contribution is -0.286. The highest BCUT2D eigenvalue weighted by Crippen LogP contribution is 2.54. The first kappa shape index (κ1) is 93.3. The third-order valence-electron chi connectivity index (χ3n) is 15.9. The number of nitrogens with one attached hydrogen (secondary N) is 4. The number of primary amides is 2. The molecule has 6 amide bonds. The van der Waals surface area contributed by atoms with Crippen LogP contribution in [0.2, 0.25) is 0 Å². The van der Waals surface area contributed by atoms with Gasteiger partial charge in [-0.3, -0.25) is 33.6 Å². The summed E-state index contributed by atoms with van der Waals surface area (Å²) in [6.07, 6.45) is 57.9. The van der Waals surface area contributed by atoms with E-state index in [1.54, 1.807) is 33.8 Å². The molecule has 0 radical (unpaired) electrons. The second-order valence-electron chi connectivity index (χ2n) is 25.6. The van der Waals surface area contributed by atoms with Crippen LogP contribution in [-0.2, 0) is 39.0 Å². The number of aliphatic hydroxyl groups excluding tert-OH is 4. The second kappa shape index (κ2) is 53.9. The summed E-state index contributed by atoms with van der Waals surface area (Å²) in [5.74, 6) is -4.21. The fourth-order valence-corrected chi connectivity index (χ4v) is 15.2. The molecule has 578 valence electrons. The molecule has 1 heterocycles. The summed E-state index contributed by atoms with van der Waals surface area (Å²) in [6.45, 7) is 9.94. The Balaban J connectivity index is 0.000000744. The fraction of sp³-hybridized carbons (Fsp3) is 0.526. The molecule has 1 aromatic rings. The van der Waals surface area contributed by atoms with Crippen LogP contribution in [0.4, 0.5) is 8.78 Å². The van der Waals surface area contributed by atoms with E-state index in [1.807, 2.05) is 24.3 Å². The summed E-state index contributed by atoms with van der Waals surface area (Å²) in [5.41, 5.74) is 16.7. The molecule has 104 heavy (non-hydrogen) atoms. The number of carbonyl (C=O) groups excluding carboxylic acids is 7. The van der Waals surface area contributed by atoms with Gasteiger partial charge in [-0.25, -0.2) is 0 Å². The van der Waals surface area contributed by atoms with Gasteiger partial charge in [0.25, 0.3) is 0 Å². The summed E-state index contributed by atoms with van der Waals surface area (Å²) >= 11 is 0. The van der Waals surface area contributed by atoms with Crippen molar-refractivity contribution < 1.29 is 72.2 Å². The minimum atomic E-state index is -3.81. The van der Waals surface area contributed by atoms with E-state index in [9.17, 15) is 57.7 Å². The lowest BCUT2D eigenvalue weighted by atomic mass is 9.81. The van der Waals surface area contributed by atoms with Crippen molar-refractivity contribution in [2.75, 3.05) is 37.8 Å². The van der Waals surface area contributed by atoms with Crippen molar-refractivity contribution >= 4 is 84.4 Å². The number of ether oxygens (including phenoxy) is 2. The molecule has 0 unspecified atom stereocenters. The molecule has 26 heteroatoms. The Labute approximate surface area is 631 Å². The minimum absolute atomic E-state index is 0.0896. The molecule has 0 aromatic heterocycles. The van der Waals surface area contributed by atoms with E-state index in [0.29, 0.717) is 31.2 Å². The number of Topliss-reactive ketones (excluding diaryl/α,β-unsaturated/α-hetero) is 1. The average molecular weight is 1530 g/mol. The maximum absolute atomic E-state index is 13.9. The SMILES string of the molecule is CC/C=C\C/C=C\C/C=C\C/C=C\C/C=C\C/C=C\CCC(=O)N[C@@H](CSSC(C)(C)[C@H](CC(=O)C1(c2ccc3c(c2)OC(F)(F)O3)CC1)C(=O)NC[C@@H](O)CO)C(N)=O.CC/C=C\C/C=C\C/C=C\C/C=C\C/C=C\C/C=C\CCC(=O)N[C@@H](CSSC(C)(C)[C@H](N)C(=O)NC[C@@H](O)CO)C(N)=O. The molecule has 6 atom stereocenters. The van der Waals surface area contributed by atoms with Gasteiger partial charge in [0.2, 0.25) is 35.4 Å². The summed E-state index contributed by atoms with van der Waals surface area (Å²) in [5, 5.41) is 47.9. The highest BCUT2D eigenvalue weighted by Gasteiger charge is 2.54. The Hall–Kier alpha value is -6.75. The third-order valence-corrected chi connectivity index (χ3v) is 22.6. The monoisotopic (exact) mass is 1520 g/mol. The number of allylic oxidation sites excluding steroid dienone is 24. The van der Waals surface area contributed by atoms with Crippen LogP contribution in [-0.4, -0.2) is 146 Å². The van der Waals surface area contributed by atoms with Crippen molar-refractivity contribution in [2.24, 2.45) is 23.1 Å². The zero-order valence-corrected chi connectivity index (χ0v) is 64.6. The number of fused-ring (bicyclic) bond motifs is 1. The Morgan fingerprint density at radius 1 is 0.529 bits per heavy atom. The van der Waals surface area contributed by atoms with Gasteiger partial charge < -0.3 is 68.4 Å². The smallest absolute Gasteiger partial charge is 0.395 e. The molecule has 3 rings (SSSR count). The first-order chi connectivity index (χ1) is 49.7. The van der Waals surface area contributed by atoms with Crippen LogP contribution in [0.1, 0.15) is 169 Å². The number of amides is 6. The topological polar surface area (TPSA) is 345 Å². The summed E-state index contributed by atoms with van der Waals surface area (Å²) in [4.78, 5) is 89.0. The number of aliphatic hydroxyl groups is 4. The number of alkyl halides is 2. The van der Waals surface area contributed by atoms with Gasteiger partial charge in [0.15, 0.2) is 11.5 Å². The Morgan fingerprint density at radius 2 is 0.875 bits per heavy atom. The maximum atomic E-state index is 13.9. The number of halogens is 2. The van der Waals surface area contributed by atoms with Gasteiger partial charge in [0, 0.05) is 53.4 Å². The molecule has 2 aliphatic rings. The van der Waals surface area contributed by atoms with E-state index in [0.717, 1.165) is 77.0 Å². The zero-order chi connectivity index (χ0) is 77.1. The minimum Gasteiger partial charge on any atom is -0.395 e. The molecule has 1 aliphatic heterocycles. The molecular formula is C78H115F2N7O13S4. The molecule has 0 bridgehead atoms. The second-order valence-corrected chi connectivity index (χ2v) is 31.6. The zero-order valence-electron chi connectivity index (χ0n) is 61.3. The first-order valence-electron chi connectivity index (χ1n) is 35.6. The highest BCUT2D eigenvalue weighted by molar-refractivity contribution is 8.77. The number of rotatable bonds is 54. The quantitative estimate of drug-likeness (QED) is 0.0213. The molecule has 20 nitrogen and oxygen atoms in total. The highest BCUT2D eigenvalue weighted by atomic mass is 33.1. The molecule has 0 saturated heterocycles. The molecule has 14 N–H and O–H groups in total. The van der Waals surface area contributed by atoms with Crippen LogP contribution >= 0.6 is 43.2 Å². The standard InChI is InChI=1S/C45H61F2N3O8S2.C33H54N4O5S2/c1-4-5-6-7-8-9-10-11-12-13-14-15-16-17-18-19-20-21-22-23-40(54)50-36(41(48)55)32-59-60-43(2,3)35(42(56)49-30-34(52)31-51)29-39(53)44(26-27-44)33-24-25-37-38(28-33)58-45(46,47)57-37;1-4-5-6-7-8-9-10-11-12-13-14-15-16-17-18-19-20-21-22-23-29(40)37-28(31(35)41)26-43-44-33(2,3)30(34)32(42)36-24-27(39)25-38/h5-6,8-9,11-12,14-15,17-18,20-21,24-25,28,34-36,51-52H,4,7,10,13,16,19,22-23,26-27,29-32H2,1-3H3,(H2,48,55)(H,49,56)(H,50,54);5-6,8-9,11-12,14-15,17-18,20-21,27-28,30,38-39H,4,7,10,13,16,19,22-26,34H2,1-3H3,(H2,35,41)(H,36,42)(H,37,40)/b2*6-5-,9-8-,12-11-,15-14-,18-17-,21-20-/t34-,35-,36+;27-,28+,30-/m11/s1. The van der Waals surface area contributed by atoms with E-state index in [1.165, 1.54) is 55.3 Å². The Kier molecular flexibility index (Phi) is 48.4. The first-order valence-corrected chi connectivity index (χ1v) is 40.2. The number of benzene rings is 1. The van der Waals surface area contributed by atoms with Crippen LogP contribution in [0.3, 0.4) is 0 Å². The Morgan fingerprint density at radius 3 is 1.23 bits per heavy atom. The third kappa shape index (κ3) is 41.2. The number of hydrogen-bond acceptors (Lipinski definition) is 18. The lowest BCUT2D eigenvalue weighted by Gasteiger charge is -2.33. The number of ketones is 1. The largest absolute Gasteiger partial charge is 0.586 e. The van der Waals surface area contributed by atoms with Crippen LogP contribution in [0.5, 0.6) is 11.5 Å². The molecule has 1 aromatic carbocycles. The van der Waals surface area contributed by atoms with Crippen LogP contribution in [0, 0.1) is 5.92 Å². The lowest BCUT2D eigenvalue weighted by Crippen LogP contribution is -2.53. The van der Waals surface area contributed by atoms with Gasteiger partial charge in [0.1, 0.15) is 17.9 Å². The van der Waals surface area contributed by atoms with Crippen LogP contribution in [0.25, 0.3) is 0 Å². The predicted octanol–water partition coefficient (Wildman–Crippen LogP) is 12.1. The van der Waals surface area contributed by atoms with Gasteiger partial charge in [-0.15, -0.1) is 8.78 Å². The maximum Gasteiger partial charge on any atom is 0.586 e. The van der Waals surface area contributed by atoms with Crippen LogP contribution < -0.4 is 47.9 Å². The van der Waals surface area contributed by atoms with Crippen molar-refractivity contribution in [3.8, 4) is 11.5 Å². The van der Waals surface area contributed by atoms with Crippen molar-refractivity contribution in [1.82, 2.24) is 21.3 Å². The normalized spacial score (nSPS) is 16.3. The van der Waals surface area contributed by atoms with E-state index in [4.69, 9.17) is 22.3 Å². The van der Waals surface area contributed by atoms with Gasteiger partial charge in [0.05, 0.1) is 42.8 Å². The van der Waals surface area contributed by atoms with Gasteiger partial charge >= 0.3 is 6.29 Å². The van der Waals surface area contributed by atoms with Crippen molar-refractivity contribution in [1.29, 1.82) is 0 Å². The summed E-state index contributed by atoms with van der Waals surface area (Å²) in [6, 6.07) is 1.48. The number of carbonyl (C=O) groups is 7. The fourth-order valence-electron chi connectivity index (χ4n) is 9.50. The van der Waals surface area contributed by atoms with Crippen molar-refractivity contribution in [3.63, 3.8) is 0 Å². The van der Waals surface area contributed by atoms with Gasteiger partial charge in [-0.1, -0.05) is 209 Å². The number of nitrogens with two attached hydrogens (primary N) is 3. The molecule has 0 spiro atoms. The summed E-state index contributed by atoms with van der Waals surface area (Å²) in [7, 11) is 5.03. The van der Waals surface area contributed by atoms with E-state index in [-0.39, 0.29) is 73.0 Å². The summed E-state index contributed by atoms with van der Waals surface area (Å²) < 4.78 is 34.8. The van der Waals surface area contributed by atoms with Crippen LogP contribution in [0.15, 0.2) is 164 Å². The van der Waals surface area contributed by atoms with E-state index >= 15 is 0 Å². The number of hydrogen-bond donors (Lipinski definition) is 11. The average Bonchev–Trinajstić information content (AvgIpc) is 1.59. The molecule has 1 fully saturated rings. The Bertz CT molecular complexity index is 3140. The molecular weight excluding hydrogens is 1410 g/mol.